The zero-order chi connectivity index (χ0) is 28.2. The first-order valence-electron chi connectivity index (χ1n) is 13.8. The molecule has 0 fully saturated rings. The lowest BCUT2D eigenvalue weighted by atomic mass is 9.98. The van der Waals surface area contributed by atoms with Gasteiger partial charge in [0.15, 0.2) is 5.69 Å². The van der Waals surface area contributed by atoms with Crippen molar-refractivity contribution in [1.29, 1.82) is 5.26 Å². The summed E-state index contributed by atoms with van der Waals surface area (Å²) in [4.78, 5) is 3.66. The number of rotatable bonds is 3. The number of para-hydroxylation sites is 2. The first-order chi connectivity index (χ1) is 20.7. The third-order valence-electron chi connectivity index (χ3n) is 8.13. The summed E-state index contributed by atoms with van der Waals surface area (Å²) in [7, 11) is 0. The first kappa shape index (κ1) is 23.8. The molecule has 8 rings (SSSR count). The maximum Gasteiger partial charge on any atom is 0.189 e. The van der Waals surface area contributed by atoms with Gasteiger partial charge in [0, 0.05) is 32.9 Å². The van der Waals surface area contributed by atoms with E-state index in [2.05, 4.69) is 117 Å². The third kappa shape index (κ3) is 3.47. The fourth-order valence-corrected chi connectivity index (χ4v) is 6.37. The lowest BCUT2D eigenvalue weighted by Crippen LogP contribution is -1.94. The van der Waals surface area contributed by atoms with Crippen molar-refractivity contribution in [1.82, 2.24) is 9.13 Å². The molecule has 0 unspecified atom stereocenters. The molecule has 8 aromatic rings. The Kier molecular flexibility index (Phi) is 5.22. The van der Waals surface area contributed by atoms with Crippen LogP contribution in [0.15, 0.2) is 133 Å². The molecule has 0 N–H and O–H groups in total. The summed E-state index contributed by atoms with van der Waals surface area (Å²) in [6.45, 7) is 7.52. The largest absolute Gasteiger partial charge is 0.311 e. The molecule has 6 aromatic carbocycles. The first-order valence-corrected chi connectivity index (χ1v) is 13.8. The van der Waals surface area contributed by atoms with Crippen LogP contribution in [0, 0.1) is 17.9 Å². The van der Waals surface area contributed by atoms with Gasteiger partial charge in [0.2, 0.25) is 0 Å². The highest BCUT2D eigenvalue weighted by molar-refractivity contribution is 6.17. The van der Waals surface area contributed by atoms with E-state index in [1.165, 1.54) is 21.5 Å². The molecule has 2 aromatic heterocycles. The van der Waals surface area contributed by atoms with Crippen LogP contribution >= 0.6 is 0 Å². The topological polar surface area (TPSA) is 38.0 Å². The summed E-state index contributed by atoms with van der Waals surface area (Å²) >= 11 is 0. The van der Waals surface area contributed by atoms with Crippen LogP contribution in [-0.2, 0) is 0 Å². The lowest BCUT2D eigenvalue weighted by Gasteiger charge is -2.10. The second-order valence-corrected chi connectivity index (χ2v) is 10.4. The van der Waals surface area contributed by atoms with Gasteiger partial charge in [-0.3, -0.25) is 0 Å². The Morgan fingerprint density at radius 2 is 1.19 bits per heavy atom. The zero-order valence-electron chi connectivity index (χ0n) is 22.5. The van der Waals surface area contributed by atoms with Crippen LogP contribution in [0.25, 0.3) is 71.0 Å². The lowest BCUT2D eigenvalue weighted by molar-refractivity contribution is 1.18. The van der Waals surface area contributed by atoms with Gasteiger partial charge >= 0.3 is 0 Å². The van der Waals surface area contributed by atoms with Gasteiger partial charge in [-0.2, -0.15) is 5.26 Å². The number of nitrogens with zero attached hydrogens (tertiary/aromatic N) is 4. The van der Waals surface area contributed by atoms with Crippen LogP contribution in [0.3, 0.4) is 0 Å². The SMILES string of the molecule is [C-]#[N+]c1cccc(-n2c3ccccc3c3cc(-c4cccc5c4c4ccccc4n5-c4cccc(C#N)c4)ccc32)c1. The van der Waals surface area contributed by atoms with E-state index >= 15 is 0 Å². The van der Waals surface area contributed by atoms with Crippen molar-refractivity contribution in [3.63, 3.8) is 0 Å². The van der Waals surface area contributed by atoms with E-state index in [-0.39, 0.29) is 0 Å². The molecule has 4 nitrogen and oxygen atoms in total. The molecule has 0 aliphatic heterocycles. The Bertz CT molecular complexity index is 2440. The molecule has 0 radical (unpaired) electrons. The quantitative estimate of drug-likeness (QED) is 0.208. The second-order valence-electron chi connectivity index (χ2n) is 10.4. The summed E-state index contributed by atoms with van der Waals surface area (Å²) in [5.41, 5.74) is 9.92. The standard InChI is InChI=1S/C38H22N4/c1-40-27-10-7-12-29(23-27)41-34-16-4-2-13-31(34)33-22-26(19-20-36(33)41)30-15-8-18-37-38(30)32-14-3-5-17-35(32)42(37)28-11-6-9-25(21-28)24-39/h2-23H. The van der Waals surface area contributed by atoms with Crippen molar-refractivity contribution in [3.05, 3.63) is 150 Å². The Morgan fingerprint density at radius 3 is 2.00 bits per heavy atom. The van der Waals surface area contributed by atoms with Crippen LogP contribution < -0.4 is 0 Å². The predicted octanol–water partition coefficient (Wildman–Crippen LogP) is 9.97. The highest BCUT2D eigenvalue weighted by Gasteiger charge is 2.18. The van der Waals surface area contributed by atoms with Crippen molar-refractivity contribution in [3.8, 4) is 28.6 Å². The van der Waals surface area contributed by atoms with Crippen molar-refractivity contribution in [2.75, 3.05) is 0 Å². The molecule has 4 heteroatoms. The van der Waals surface area contributed by atoms with Crippen molar-refractivity contribution in [2.45, 2.75) is 0 Å². The Hall–Kier alpha value is -6.10. The Balaban J connectivity index is 1.41. The highest BCUT2D eigenvalue weighted by atomic mass is 15.0. The fourth-order valence-electron chi connectivity index (χ4n) is 6.37. The molecular weight excluding hydrogens is 512 g/mol. The van der Waals surface area contributed by atoms with Gasteiger partial charge in [-0.05, 0) is 71.8 Å². The van der Waals surface area contributed by atoms with Crippen molar-refractivity contribution in [2.24, 2.45) is 0 Å². The van der Waals surface area contributed by atoms with Crippen LogP contribution in [0.4, 0.5) is 5.69 Å². The minimum absolute atomic E-state index is 0.624. The van der Waals surface area contributed by atoms with E-state index in [0.717, 1.165) is 44.6 Å². The number of benzene rings is 6. The number of hydrogen-bond donors (Lipinski definition) is 0. The Labute approximate surface area is 242 Å². The number of hydrogen-bond acceptors (Lipinski definition) is 1. The molecule has 0 amide bonds. The molecule has 0 saturated carbocycles. The molecule has 0 saturated heterocycles. The van der Waals surface area contributed by atoms with Crippen LogP contribution in [-0.4, -0.2) is 9.13 Å². The minimum Gasteiger partial charge on any atom is -0.311 e. The van der Waals surface area contributed by atoms with Crippen LogP contribution in [0.2, 0.25) is 0 Å². The number of aromatic nitrogens is 2. The van der Waals surface area contributed by atoms with E-state index in [4.69, 9.17) is 6.57 Å². The average molecular weight is 535 g/mol. The van der Waals surface area contributed by atoms with E-state index < -0.39 is 0 Å². The van der Waals surface area contributed by atoms with Crippen LogP contribution in [0.5, 0.6) is 0 Å². The molecule has 2 heterocycles. The molecular formula is C38H22N4. The maximum atomic E-state index is 9.57. The minimum atomic E-state index is 0.624. The third-order valence-corrected chi connectivity index (χ3v) is 8.13. The Morgan fingerprint density at radius 1 is 0.548 bits per heavy atom. The summed E-state index contributed by atoms with van der Waals surface area (Å²) in [6, 6.07) is 48.0. The van der Waals surface area contributed by atoms with Gasteiger partial charge in [0.05, 0.1) is 40.3 Å². The van der Waals surface area contributed by atoms with Crippen molar-refractivity contribution < 1.29 is 0 Å². The molecule has 0 aliphatic carbocycles. The van der Waals surface area contributed by atoms with Gasteiger partial charge in [0.1, 0.15) is 0 Å². The van der Waals surface area contributed by atoms with E-state index in [1.54, 1.807) is 0 Å². The van der Waals surface area contributed by atoms with E-state index in [0.29, 0.717) is 11.3 Å². The van der Waals surface area contributed by atoms with Gasteiger partial charge < -0.3 is 9.13 Å². The summed E-state index contributed by atoms with van der Waals surface area (Å²) in [6.07, 6.45) is 0. The van der Waals surface area contributed by atoms with Crippen molar-refractivity contribution >= 4 is 49.3 Å². The van der Waals surface area contributed by atoms with Crippen LogP contribution in [0.1, 0.15) is 5.56 Å². The smallest absolute Gasteiger partial charge is 0.189 e. The number of fused-ring (bicyclic) bond motifs is 6. The normalized spacial score (nSPS) is 11.3. The summed E-state index contributed by atoms with van der Waals surface area (Å²) in [5, 5.41) is 14.3. The van der Waals surface area contributed by atoms with Gasteiger partial charge in [0.25, 0.3) is 0 Å². The van der Waals surface area contributed by atoms with E-state index in [1.807, 2.05) is 36.4 Å². The number of nitriles is 1. The highest BCUT2D eigenvalue weighted by Crippen LogP contribution is 2.41. The zero-order valence-corrected chi connectivity index (χ0v) is 22.5. The maximum absolute atomic E-state index is 9.57. The van der Waals surface area contributed by atoms with Gasteiger partial charge in [-0.15, -0.1) is 0 Å². The van der Waals surface area contributed by atoms with Gasteiger partial charge in [-0.1, -0.05) is 72.8 Å². The molecule has 0 atom stereocenters. The molecule has 0 spiro atoms. The fraction of sp³-hybridized carbons (Fsp3) is 0. The van der Waals surface area contributed by atoms with Gasteiger partial charge in [-0.25, -0.2) is 4.85 Å². The predicted molar refractivity (Wildman–Crippen MR) is 172 cm³/mol. The van der Waals surface area contributed by atoms with E-state index in [9.17, 15) is 5.26 Å². The molecule has 194 valence electrons. The average Bonchev–Trinajstić information content (AvgIpc) is 3.57. The second kappa shape index (κ2) is 9.24. The molecule has 0 bridgehead atoms. The summed E-state index contributed by atoms with van der Waals surface area (Å²) in [5.74, 6) is 0. The monoisotopic (exact) mass is 534 g/mol. The summed E-state index contributed by atoms with van der Waals surface area (Å²) < 4.78 is 4.50. The molecule has 42 heavy (non-hydrogen) atoms. The molecule has 0 aliphatic rings.